The fourth-order valence-corrected chi connectivity index (χ4v) is 0.832. The van der Waals surface area contributed by atoms with Gasteiger partial charge < -0.3 is 15.0 Å². The van der Waals surface area contributed by atoms with E-state index >= 15 is 0 Å². The molecule has 0 radical (unpaired) electrons. The van der Waals surface area contributed by atoms with Crippen LogP contribution in [-0.2, 0) is 32.7 Å². The van der Waals surface area contributed by atoms with Crippen LogP contribution in [0, 0.1) is 18.6 Å². The smallest absolute Gasteiger partial charge is 0.394 e. The largest absolute Gasteiger partial charge is 3.00 e. The van der Waals surface area contributed by atoms with Crippen molar-refractivity contribution in [1.29, 1.82) is 0 Å². The molecular weight excluding hydrogens is 347 g/mol. The molecule has 0 atom stereocenters. The molecule has 0 bridgehead atoms. The summed E-state index contributed by atoms with van der Waals surface area (Å²) in [6.07, 6.45) is 13.0. The van der Waals surface area contributed by atoms with E-state index in [1.807, 2.05) is 36.4 Å². The summed E-state index contributed by atoms with van der Waals surface area (Å²) in [4.78, 5) is 11.0. The number of pyridine rings is 3. The average Bonchev–Trinajstić information content (AvgIpc) is 2.54. The van der Waals surface area contributed by atoms with Crippen molar-refractivity contribution in [3.8, 4) is 0 Å². The third-order valence-electron chi connectivity index (χ3n) is 1.55. The third kappa shape index (κ3) is 14.9. The van der Waals surface area contributed by atoms with E-state index < -0.39 is 0 Å². The molecule has 0 aliphatic carbocycles. The molecular formula is C15H13ClN3Y. The van der Waals surface area contributed by atoms with E-state index in [2.05, 4.69) is 33.5 Å². The normalized spacial score (nSPS) is 7.20. The molecule has 0 aliphatic heterocycles. The van der Waals surface area contributed by atoms with Gasteiger partial charge in [0.25, 0.3) is 0 Å². The molecule has 0 unspecified atom stereocenters. The van der Waals surface area contributed by atoms with Crippen LogP contribution in [-0.4, -0.2) is 15.0 Å². The Kier molecular flexibility index (Phi) is 18.9. The SMILES string of the molecule is Cl.[Y+3].[c-]1ccccn1.[c-]1ccccn1.[c-]1ccccn1. The van der Waals surface area contributed by atoms with Crippen LogP contribution >= 0.6 is 12.4 Å². The average molecular weight is 360 g/mol. The zero-order valence-corrected chi connectivity index (χ0v) is 14.4. The Morgan fingerprint density at radius 2 is 0.800 bits per heavy atom. The second-order valence-electron chi connectivity index (χ2n) is 2.88. The van der Waals surface area contributed by atoms with Crippen molar-refractivity contribution in [3.05, 3.63) is 91.8 Å². The molecule has 3 rings (SSSR count). The molecule has 0 N–H and O–H groups in total. The van der Waals surface area contributed by atoms with Crippen LogP contribution in [0.1, 0.15) is 0 Å². The fraction of sp³-hybridized carbons (Fsp3) is 0. The van der Waals surface area contributed by atoms with Gasteiger partial charge in [-0.2, -0.15) is 54.6 Å². The summed E-state index contributed by atoms with van der Waals surface area (Å²) < 4.78 is 0. The van der Waals surface area contributed by atoms with Gasteiger partial charge >= 0.3 is 32.7 Å². The maximum atomic E-state index is 3.66. The molecule has 0 aromatic carbocycles. The predicted molar refractivity (Wildman–Crippen MR) is 76.5 cm³/mol. The van der Waals surface area contributed by atoms with Crippen molar-refractivity contribution in [2.45, 2.75) is 0 Å². The van der Waals surface area contributed by atoms with Crippen LogP contribution in [0.4, 0.5) is 0 Å². The second-order valence-corrected chi connectivity index (χ2v) is 2.88. The van der Waals surface area contributed by atoms with E-state index in [1.54, 1.807) is 36.8 Å². The molecule has 0 spiro atoms. The molecule has 3 heterocycles. The first kappa shape index (κ1) is 21.1. The van der Waals surface area contributed by atoms with Gasteiger partial charge in [-0.1, -0.05) is 37.2 Å². The van der Waals surface area contributed by atoms with E-state index in [4.69, 9.17) is 0 Å². The van der Waals surface area contributed by atoms with Gasteiger partial charge in [-0.15, -0.1) is 12.4 Å². The summed E-state index contributed by atoms with van der Waals surface area (Å²) in [7, 11) is 0. The molecule has 0 fully saturated rings. The van der Waals surface area contributed by atoms with E-state index in [1.165, 1.54) is 0 Å². The van der Waals surface area contributed by atoms with Crippen molar-refractivity contribution < 1.29 is 32.7 Å². The third-order valence-corrected chi connectivity index (χ3v) is 1.55. The zero-order chi connectivity index (χ0) is 12.7. The van der Waals surface area contributed by atoms with E-state index in [0.717, 1.165) is 0 Å². The fourth-order valence-electron chi connectivity index (χ4n) is 0.832. The van der Waals surface area contributed by atoms with Crippen LogP contribution in [0.5, 0.6) is 0 Å². The summed E-state index contributed by atoms with van der Waals surface area (Å²) >= 11 is 0. The van der Waals surface area contributed by atoms with Crippen molar-refractivity contribution in [2.75, 3.05) is 0 Å². The number of nitrogens with zero attached hydrogens (tertiary/aromatic N) is 3. The van der Waals surface area contributed by atoms with Gasteiger partial charge in [0.2, 0.25) is 0 Å². The minimum absolute atomic E-state index is 0. The van der Waals surface area contributed by atoms with Gasteiger partial charge in [0, 0.05) is 0 Å². The van der Waals surface area contributed by atoms with E-state index in [-0.39, 0.29) is 45.1 Å². The number of aromatic nitrogens is 3. The maximum Gasteiger partial charge on any atom is 3.00 e. The van der Waals surface area contributed by atoms with Gasteiger partial charge in [-0.05, 0) is 0 Å². The Balaban J connectivity index is 0. The summed E-state index contributed by atoms with van der Waals surface area (Å²) in [6.45, 7) is 0. The van der Waals surface area contributed by atoms with E-state index in [9.17, 15) is 0 Å². The summed E-state index contributed by atoms with van der Waals surface area (Å²) in [5.74, 6) is 0. The maximum absolute atomic E-state index is 3.66. The van der Waals surface area contributed by atoms with Crippen LogP contribution in [0.2, 0.25) is 0 Å². The Bertz CT molecular complexity index is 314. The Hall–Kier alpha value is -1.16. The van der Waals surface area contributed by atoms with Gasteiger partial charge in [0.1, 0.15) is 0 Å². The minimum atomic E-state index is 0. The van der Waals surface area contributed by atoms with Gasteiger partial charge in [-0.25, -0.2) is 0 Å². The summed E-state index contributed by atoms with van der Waals surface area (Å²) in [5, 5.41) is 0. The van der Waals surface area contributed by atoms with Crippen molar-refractivity contribution in [2.24, 2.45) is 0 Å². The first-order valence-corrected chi connectivity index (χ1v) is 5.31. The minimum Gasteiger partial charge on any atom is -0.394 e. The van der Waals surface area contributed by atoms with Gasteiger partial charge in [0.15, 0.2) is 0 Å². The number of halogens is 1. The van der Waals surface area contributed by atoms with Crippen LogP contribution in [0.25, 0.3) is 0 Å². The van der Waals surface area contributed by atoms with Gasteiger partial charge in [0.05, 0.1) is 0 Å². The monoisotopic (exact) mass is 359 g/mol. The Morgan fingerprint density at radius 1 is 0.500 bits per heavy atom. The van der Waals surface area contributed by atoms with Crippen LogP contribution in [0.3, 0.4) is 0 Å². The van der Waals surface area contributed by atoms with Crippen molar-refractivity contribution in [1.82, 2.24) is 15.0 Å². The molecule has 3 aromatic heterocycles. The quantitative estimate of drug-likeness (QED) is 0.579. The van der Waals surface area contributed by atoms with Crippen LogP contribution < -0.4 is 0 Å². The summed E-state index contributed by atoms with van der Waals surface area (Å²) in [6, 6.07) is 16.5. The number of rotatable bonds is 0. The molecule has 0 saturated heterocycles. The molecule has 0 saturated carbocycles. The van der Waals surface area contributed by atoms with Crippen molar-refractivity contribution >= 4 is 12.4 Å². The van der Waals surface area contributed by atoms with E-state index in [0.29, 0.717) is 0 Å². The predicted octanol–water partition coefficient (Wildman–Crippen LogP) is 3.06. The zero-order valence-electron chi connectivity index (χ0n) is 10.8. The van der Waals surface area contributed by atoms with Crippen LogP contribution in [0.15, 0.2) is 73.2 Å². The number of hydrogen-bond donors (Lipinski definition) is 0. The Labute approximate surface area is 151 Å². The second kappa shape index (κ2) is 17.8. The number of hydrogen-bond acceptors (Lipinski definition) is 3. The van der Waals surface area contributed by atoms with Crippen molar-refractivity contribution in [3.63, 3.8) is 0 Å². The first-order chi connectivity index (χ1) is 9.00. The van der Waals surface area contributed by atoms with Gasteiger partial charge in [-0.3, -0.25) is 0 Å². The first-order valence-electron chi connectivity index (χ1n) is 5.31. The standard InChI is InChI=1S/3C5H4N.ClH.Y/c3*1-2-4-6-5-3-1;;/h3*1-4H;1H;/q3*-1;;+3. The Morgan fingerprint density at radius 3 is 0.850 bits per heavy atom. The molecule has 98 valence electrons. The molecule has 5 heteroatoms. The molecule has 3 nitrogen and oxygen atoms in total. The molecule has 3 aromatic rings. The topological polar surface area (TPSA) is 38.7 Å². The molecule has 0 aliphatic rings. The molecule has 0 amide bonds. The molecule has 20 heavy (non-hydrogen) atoms. The summed E-state index contributed by atoms with van der Waals surface area (Å²) in [5.41, 5.74) is 0.